The van der Waals surface area contributed by atoms with Crippen molar-refractivity contribution in [1.29, 1.82) is 0 Å². The number of aliphatic hydroxyl groups is 1. The normalized spacial score (nSPS) is 14.4. The van der Waals surface area contributed by atoms with Gasteiger partial charge in [0.1, 0.15) is 11.2 Å². The highest BCUT2D eigenvalue weighted by Crippen LogP contribution is 2.30. The maximum atomic E-state index is 9.59. The number of nitrogens with zero attached hydrogens (tertiary/aromatic N) is 5. The molecule has 4 rings (SSSR count). The molecule has 9 heteroatoms. The number of pyridine rings is 2. The fraction of sp³-hybridized carbons (Fsp3) is 0.429. The second kappa shape index (κ2) is 8.00. The second-order valence-electron chi connectivity index (χ2n) is 8.22. The molecule has 1 aliphatic heterocycles. The lowest BCUT2D eigenvalue weighted by Crippen LogP contribution is -2.35. The second-order valence-corrected chi connectivity index (χ2v) is 8.22. The lowest BCUT2D eigenvalue weighted by molar-refractivity contribution is 0.234. The zero-order chi connectivity index (χ0) is 21.3. The summed E-state index contributed by atoms with van der Waals surface area (Å²) in [6.45, 7) is 5.58. The number of hydrogen-bond donors (Lipinski definition) is 3. The molecule has 0 spiro atoms. The predicted molar refractivity (Wildman–Crippen MR) is 116 cm³/mol. The van der Waals surface area contributed by atoms with Crippen LogP contribution >= 0.6 is 0 Å². The number of rotatable bonds is 6. The number of aliphatic hydroxyl groups excluding tert-OH is 1. The minimum absolute atomic E-state index is 0.0340. The Hall–Kier alpha value is -3.04. The smallest absolute Gasteiger partial charge is 0.237 e. The summed E-state index contributed by atoms with van der Waals surface area (Å²) in [4.78, 5) is 20.5. The van der Waals surface area contributed by atoms with Gasteiger partial charge in [0.25, 0.3) is 0 Å². The van der Waals surface area contributed by atoms with Gasteiger partial charge < -0.3 is 25.4 Å². The van der Waals surface area contributed by atoms with Crippen LogP contribution in [-0.2, 0) is 13.0 Å². The van der Waals surface area contributed by atoms with Crippen LogP contribution in [0.4, 0.5) is 17.5 Å². The van der Waals surface area contributed by atoms with Crippen molar-refractivity contribution in [3.63, 3.8) is 0 Å². The third-order valence-electron chi connectivity index (χ3n) is 5.12. The Morgan fingerprint density at radius 2 is 2.10 bits per heavy atom. The highest BCUT2D eigenvalue weighted by atomic mass is 16.5. The number of methoxy groups -OCH3 is 1. The average molecular weight is 409 g/mol. The van der Waals surface area contributed by atoms with E-state index < -0.39 is 5.54 Å². The zero-order valence-electron chi connectivity index (χ0n) is 17.7. The lowest BCUT2D eigenvalue weighted by atomic mass is 10.1. The van der Waals surface area contributed by atoms with Gasteiger partial charge in [0.05, 0.1) is 24.9 Å². The molecule has 0 atom stereocenters. The first-order valence-electron chi connectivity index (χ1n) is 9.92. The third kappa shape index (κ3) is 4.12. The van der Waals surface area contributed by atoms with E-state index in [9.17, 15) is 5.11 Å². The third-order valence-corrected chi connectivity index (χ3v) is 5.12. The molecular weight excluding hydrogens is 382 g/mol. The van der Waals surface area contributed by atoms with Crippen LogP contribution in [0.5, 0.6) is 5.88 Å². The van der Waals surface area contributed by atoms with E-state index in [4.69, 9.17) is 4.74 Å². The van der Waals surface area contributed by atoms with Gasteiger partial charge in [-0.15, -0.1) is 0 Å². The predicted octanol–water partition coefficient (Wildman–Crippen LogP) is 2.34. The van der Waals surface area contributed by atoms with Gasteiger partial charge in [0, 0.05) is 37.3 Å². The van der Waals surface area contributed by atoms with Crippen LogP contribution in [0.2, 0.25) is 0 Å². The van der Waals surface area contributed by atoms with Gasteiger partial charge in [0.2, 0.25) is 11.8 Å². The van der Waals surface area contributed by atoms with Gasteiger partial charge in [-0.05, 0) is 38.6 Å². The molecule has 0 unspecified atom stereocenters. The first-order chi connectivity index (χ1) is 14.4. The number of anilines is 3. The van der Waals surface area contributed by atoms with Crippen LogP contribution in [0.3, 0.4) is 0 Å². The number of aromatic nitrogens is 4. The largest absolute Gasteiger partial charge is 0.480 e. The summed E-state index contributed by atoms with van der Waals surface area (Å²) < 4.78 is 5.51. The van der Waals surface area contributed by atoms with E-state index in [-0.39, 0.29) is 6.61 Å². The van der Waals surface area contributed by atoms with Gasteiger partial charge in [-0.1, -0.05) is 0 Å². The molecule has 158 valence electrons. The first kappa shape index (κ1) is 20.2. The molecule has 0 aromatic carbocycles. The number of nitrogens with one attached hydrogen (secondary N) is 2. The number of likely N-dealkylation sites (N-methyl/N-ethyl adjacent to an activating group) is 1. The van der Waals surface area contributed by atoms with E-state index in [1.807, 2.05) is 19.9 Å². The quantitative estimate of drug-likeness (QED) is 0.565. The van der Waals surface area contributed by atoms with Gasteiger partial charge in [-0.25, -0.2) is 19.9 Å². The standard InChI is InChI=1S/C21H27N7O2/c1-21(2,12-29)27-18-17-13(5-7-22-18)10-23-20(26-17)25-16-9-14-11-28(3)8-6-15(14)24-19(16)30-4/h5,7,9-10,29H,6,8,11-12H2,1-4H3,(H,22,27)(H,23,25,26). The number of ether oxygens (including phenoxy) is 1. The Labute approximate surface area is 175 Å². The molecule has 0 fully saturated rings. The van der Waals surface area contributed by atoms with Crippen molar-refractivity contribution < 1.29 is 9.84 Å². The van der Waals surface area contributed by atoms with E-state index in [1.165, 1.54) is 5.56 Å². The van der Waals surface area contributed by atoms with Crippen molar-refractivity contribution in [2.75, 3.05) is 37.9 Å². The van der Waals surface area contributed by atoms with Crippen LogP contribution < -0.4 is 15.4 Å². The molecule has 3 aromatic rings. The van der Waals surface area contributed by atoms with Crippen molar-refractivity contribution in [3.05, 3.63) is 35.8 Å². The summed E-state index contributed by atoms with van der Waals surface area (Å²) in [6.07, 6.45) is 4.34. The Balaban J connectivity index is 1.70. The fourth-order valence-electron chi connectivity index (χ4n) is 3.43. The van der Waals surface area contributed by atoms with Crippen LogP contribution in [0, 0.1) is 0 Å². The molecule has 0 radical (unpaired) electrons. The van der Waals surface area contributed by atoms with Crippen molar-refractivity contribution in [1.82, 2.24) is 24.8 Å². The van der Waals surface area contributed by atoms with E-state index in [1.54, 1.807) is 19.5 Å². The molecular formula is C21H27N7O2. The summed E-state index contributed by atoms with van der Waals surface area (Å²) >= 11 is 0. The number of fused-ring (bicyclic) bond motifs is 2. The SMILES string of the molecule is COc1nc2c(cc1Nc1ncc3ccnc(NC(C)(C)CO)c3n1)CN(C)CC2. The number of hydrogen-bond acceptors (Lipinski definition) is 9. The first-order valence-corrected chi connectivity index (χ1v) is 9.92. The highest BCUT2D eigenvalue weighted by Gasteiger charge is 2.20. The van der Waals surface area contributed by atoms with Crippen LogP contribution in [0.1, 0.15) is 25.1 Å². The molecule has 30 heavy (non-hydrogen) atoms. The highest BCUT2D eigenvalue weighted by molar-refractivity contribution is 5.88. The molecule has 9 nitrogen and oxygen atoms in total. The molecule has 0 aliphatic carbocycles. The molecule has 4 heterocycles. The summed E-state index contributed by atoms with van der Waals surface area (Å²) in [7, 11) is 3.71. The van der Waals surface area contributed by atoms with Gasteiger partial charge in [-0.3, -0.25) is 0 Å². The molecule has 0 amide bonds. The van der Waals surface area contributed by atoms with E-state index in [0.717, 1.165) is 36.3 Å². The maximum Gasteiger partial charge on any atom is 0.237 e. The van der Waals surface area contributed by atoms with Crippen molar-refractivity contribution in [2.24, 2.45) is 0 Å². The van der Waals surface area contributed by atoms with Crippen LogP contribution in [0.15, 0.2) is 24.5 Å². The molecule has 0 bridgehead atoms. The molecule has 3 aromatic heterocycles. The Kier molecular flexibility index (Phi) is 5.40. The molecule has 1 aliphatic rings. The lowest BCUT2D eigenvalue weighted by Gasteiger charge is -2.25. The summed E-state index contributed by atoms with van der Waals surface area (Å²) in [5.74, 6) is 1.53. The average Bonchev–Trinajstić information content (AvgIpc) is 2.73. The minimum Gasteiger partial charge on any atom is -0.480 e. The summed E-state index contributed by atoms with van der Waals surface area (Å²) in [6, 6.07) is 3.91. The van der Waals surface area contributed by atoms with E-state index in [2.05, 4.69) is 48.6 Å². The van der Waals surface area contributed by atoms with Crippen molar-refractivity contribution in [2.45, 2.75) is 32.4 Å². The molecule has 3 N–H and O–H groups in total. The van der Waals surface area contributed by atoms with E-state index in [0.29, 0.717) is 23.2 Å². The summed E-state index contributed by atoms with van der Waals surface area (Å²) in [5, 5.41) is 16.9. The Morgan fingerprint density at radius 1 is 1.27 bits per heavy atom. The van der Waals surface area contributed by atoms with Crippen LogP contribution in [-0.4, -0.2) is 62.8 Å². The van der Waals surface area contributed by atoms with Crippen molar-refractivity contribution in [3.8, 4) is 5.88 Å². The van der Waals surface area contributed by atoms with Crippen molar-refractivity contribution >= 4 is 28.4 Å². The van der Waals surface area contributed by atoms with Gasteiger partial charge >= 0.3 is 0 Å². The van der Waals surface area contributed by atoms with Crippen LogP contribution in [0.25, 0.3) is 10.9 Å². The zero-order valence-corrected chi connectivity index (χ0v) is 17.7. The van der Waals surface area contributed by atoms with Gasteiger partial charge in [0.15, 0.2) is 5.82 Å². The monoisotopic (exact) mass is 409 g/mol. The molecule has 0 saturated carbocycles. The minimum atomic E-state index is -0.530. The fourth-order valence-corrected chi connectivity index (χ4v) is 3.43. The maximum absolute atomic E-state index is 9.59. The van der Waals surface area contributed by atoms with E-state index >= 15 is 0 Å². The topological polar surface area (TPSA) is 108 Å². The van der Waals surface area contributed by atoms with Gasteiger partial charge in [-0.2, -0.15) is 0 Å². The molecule has 0 saturated heterocycles. The Morgan fingerprint density at radius 3 is 2.87 bits per heavy atom. The Bertz CT molecular complexity index is 1070. The summed E-state index contributed by atoms with van der Waals surface area (Å²) in [5.41, 5.74) is 3.09.